The van der Waals surface area contributed by atoms with E-state index in [2.05, 4.69) is 30.8 Å². The fourth-order valence-electron chi connectivity index (χ4n) is 2.11. The molecule has 0 N–H and O–H groups in total. The largest absolute Gasteiger partial charge is 0.365 e. The van der Waals surface area contributed by atoms with Gasteiger partial charge in [0.05, 0.1) is 6.61 Å². The summed E-state index contributed by atoms with van der Waals surface area (Å²) in [5.41, 5.74) is 4.40. The molecule has 0 fully saturated rings. The van der Waals surface area contributed by atoms with Gasteiger partial charge in [-0.05, 0) is 22.3 Å². The monoisotopic (exact) mass is 320 g/mol. The van der Waals surface area contributed by atoms with Crippen molar-refractivity contribution in [3.8, 4) is 0 Å². The summed E-state index contributed by atoms with van der Waals surface area (Å²) < 4.78 is 5.93. The summed E-state index contributed by atoms with van der Waals surface area (Å²) in [7, 11) is 0. The molecule has 0 aliphatic heterocycles. The first kappa shape index (κ1) is 16.1. The van der Waals surface area contributed by atoms with Gasteiger partial charge in [-0.25, -0.2) is 0 Å². The Morgan fingerprint density at radius 2 is 1.29 bits per heavy atom. The van der Waals surface area contributed by atoms with Crippen LogP contribution < -0.4 is 0 Å². The minimum absolute atomic E-state index is 0.114. The highest BCUT2D eigenvalue weighted by atomic mass is 35.5. The molecule has 0 spiro atoms. The van der Waals surface area contributed by atoms with Crippen LogP contribution in [0.3, 0.4) is 0 Å². The number of alkyl halides is 2. The maximum absolute atomic E-state index is 5.93. The van der Waals surface area contributed by atoms with Crippen molar-refractivity contribution in [2.45, 2.75) is 17.9 Å². The topological polar surface area (TPSA) is 9.23 Å². The van der Waals surface area contributed by atoms with Crippen molar-refractivity contribution in [1.82, 2.24) is 0 Å². The summed E-state index contributed by atoms with van der Waals surface area (Å²) in [4.78, 5) is 0. The van der Waals surface area contributed by atoms with Crippen LogP contribution in [0.4, 0.5) is 0 Å². The van der Waals surface area contributed by atoms with Crippen molar-refractivity contribution in [3.63, 3.8) is 0 Å². The number of benzene rings is 2. The predicted octanol–water partition coefficient (Wildman–Crippen LogP) is 5.46. The number of ether oxygens (including phenoxy) is 1. The fraction of sp³-hybridized carbons (Fsp3) is 0.222. The zero-order valence-corrected chi connectivity index (χ0v) is 13.3. The van der Waals surface area contributed by atoms with Crippen LogP contribution in [0.25, 0.3) is 0 Å². The summed E-state index contributed by atoms with van der Waals surface area (Å²) in [5.74, 6) is 1.03. The van der Waals surface area contributed by atoms with Crippen molar-refractivity contribution in [3.05, 3.63) is 83.4 Å². The molecule has 0 heterocycles. The maximum atomic E-state index is 5.93. The van der Waals surface area contributed by atoms with Crippen molar-refractivity contribution in [1.29, 1.82) is 0 Å². The van der Waals surface area contributed by atoms with Gasteiger partial charge in [-0.15, -0.1) is 29.8 Å². The van der Waals surface area contributed by atoms with Gasteiger partial charge in [0.2, 0.25) is 0 Å². The third-order valence-electron chi connectivity index (χ3n) is 3.25. The van der Waals surface area contributed by atoms with Crippen LogP contribution in [-0.2, 0) is 16.5 Å². The summed E-state index contributed by atoms with van der Waals surface area (Å²) in [6.07, 6.45) is 1.64. The van der Waals surface area contributed by atoms with Crippen molar-refractivity contribution < 1.29 is 4.74 Å². The molecule has 0 atom stereocenters. The van der Waals surface area contributed by atoms with Crippen LogP contribution in [0.15, 0.2) is 61.2 Å². The van der Waals surface area contributed by atoms with Crippen LogP contribution >= 0.6 is 23.2 Å². The first-order chi connectivity index (χ1) is 10.3. The third kappa shape index (κ3) is 4.34. The van der Waals surface area contributed by atoms with E-state index in [1.165, 1.54) is 0 Å². The van der Waals surface area contributed by atoms with E-state index in [0.717, 1.165) is 22.3 Å². The molecule has 1 nitrogen and oxygen atoms in total. The van der Waals surface area contributed by atoms with E-state index in [4.69, 9.17) is 27.9 Å². The van der Waals surface area contributed by atoms with Crippen molar-refractivity contribution >= 4 is 23.2 Å². The molecule has 110 valence electrons. The van der Waals surface area contributed by atoms with Gasteiger partial charge in [0.15, 0.2) is 0 Å². The van der Waals surface area contributed by atoms with Gasteiger partial charge < -0.3 is 4.74 Å². The second-order valence-corrected chi connectivity index (χ2v) is 5.29. The Balaban J connectivity index is 2.28. The molecule has 0 saturated carbocycles. The van der Waals surface area contributed by atoms with Crippen LogP contribution in [0, 0.1) is 0 Å². The second kappa shape index (κ2) is 8.23. The molecule has 0 aliphatic carbocycles. The molecule has 2 rings (SSSR count). The number of hydrogen-bond acceptors (Lipinski definition) is 1. The highest BCUT2D eigenvalue weighted by Crippen LogP contribution is 2.27. The lowest BCUT2D eigenvalue weighted by molar-refractivity contribution is 0.104. The minimum atomic E-state index is -0.114. The zero-order chi connectivity index (χ0) is 15.1. The van der Waals surface area contributed by atoms with E-state index in [0.29, 0.717) is 18.4 Å². The number of rotatable bonds is 7. The van der Waals surface area contributed by atoms with Gasteiger partial charge in [0.1, 0.15) is 6.10 Å². The highest BCUT2D eigenvalue weighted by molar-refractivity contribution is 6.17. The molecule has 0 bridgehead atoms. The van der Waals surface area contributed by atoms with Crippen LogP contribution in [-0.4, -0.2) is 6.61 Å². The van der Waals surface area contributed by atoms with E-state index in [1.807, 2.05) is 24.3 Å². The van der Waals surface area contributed by atoms with Gasteiger partial charge >= 0.3 is 0 Å². The number of halogens is 2. The first-order valence-electron chi connectivity index (χ1n) is 6.80. The summed E-state index contributed by atoms with van der Waals surface area (Å²) in [6, 6.07) is 16.3. The molecule has 0 aliphatic rings. The number of hydrogen-bond donors (Lipinski definition) is 0. The molecule has 0 aromatic heterocycles. The molecule has 3 heteroatoms. The molecule has 21 heavy (non-hydrogen) atoms. The Morgan fingerprint density at radius 1 is 0.857 bits per heavy atom. The van der Waals surface area contributed by atoms with Gasteiger partial charge in [-0.1, -0.05) is 54.6 Å². The van der Waals surface area contributed by atoms with E-state index >= 15 is 0 Å². The lowest BCUT2D eigenvalue weighted by Gasteiger charge is -2.18. The van der Waals surface area contributed by atoms with E-state index in [-0.39, 0.29) is 6.10 Å². The molecule has 0 saturated heterocycles. The lowest BCUT2D eigenvalue weighted by atomic mass is 9.99. The van der Waals surface area contributed by atoms with Crippen LogP contribution in [0.5, 0.6) is 0 Å². The van der Waals surface area contributed by atoms with Crippen molar-refractivity contribution in [2.75, 3.05) is 6.61 Å². The fourth-order valence-corrected chi connectivity index (χ4v) is 2.47. The van der Waals surface area contributed by atoms with Gasteiger partial charge in [0.25, 0.3) is 0 Å². The maximum Gasteiger partial charge on any atom is 0.108 e. The molecular formula is C18H18Cl2O. The quantitative estimate of drug-likeness (QED) is 0.486. The van der Waals surface area contributed by atoms with Gasteiger partial charge in [-0.3, -0.25) is 0 Å². The highest BCUT2D eigenvalue weighted by Gasteiger charge is 2.14. The minimum Gasteiger partial charge on any atom is -0.365 e. The first-order valence-corrected chi connectivity index (χ1v) is 7.87. The Hall–Kier alpha value is -1.28. The molecular weight excluding hydrogens is 303 g/mol. The third-order valence-corrected chi connectivity index (χ3v) is 3.87. The van der Waals surface area contributed by atoms with E-state index < -0.39 is 0 Å². The second-order valence-electron chi connectivity index (χ2n) is 4.75. The zero-order valence-electron chi connectivity index (χ0n) is 11.8. The Kier molecular flexibility index (Phi) is 6.31. The van der Waals surface area contributed by atoms with E-state index in [9.17, 15) is 0 Å². The Labute approximate surface area is 136 Å². The van der Waals surface area contributed by atoms with Crippen LogP contribution in [0.2, 0.25) is 0 Å². The van der Waals surface area contributed by atoms with E-state index in [1.54, 1.807) is 6.08 Å². The standard InChI is InChI=1S/C18H18Cl2O/c1-2-11-21-18(16-7-3-14(12-19)4-8-16)17-9-5-15(13-20)6-10-17/h2-10,18H,1,11-13H2. The summed E-state index contributed by atoms with van der Waals surface area (Å²) in [6.45, 7) is 4.21. The predicted molar refractivity (Wildman–Crippen MR) is 90.0 cm³/mol. The molecule has 0 radical (unpaired) electrons. The summed E-state index contributed by atoms with van der Waals surface area (Å²) in [5, 5.41) is 0. The molecule has 0 amide bonds. The molecule has 0 unspecified atom stereocenters. The average molecular weight is 321 g/mol. The lowest BCUT2D eigenvalue weighted by Crippen LogP contribution is -2.06. The van der Waals surface area contributed by atoms with Crippen molar-refractivity contribution in [2.24, 2.45) is 0 Å². The molecule has 2 aromatic carbocycles. The van der Waals surface area contributed by atoms with Gasteiger partial charge in [-0.2, -0.15) is 0 Å². The van der Waals surface area contributed by atoms with Gasteiger partial charge in [0, 0.05) is 11.8 Å². The smallest absolute Gasteiger partial charge is 0.108 e. The SMILES string of the molecule is C=CCOC(c1ccc(CCl)cc1)c1ccc(CCl)cc1. The normalized spacial score (nSPS) is 10.8. The Morgan fingerprint density at radius 3 is 1.62 bits per heavy atom. The van der Waals surface area contributed by atoms with Crippen LogP contribution in [0.1, 0.15) is 28.4 Å². The average Bonchev–Trinajstić information content (AvgIpc) is 2.56. The Bertz CT molecular complexity index is 513. The molecule has 2 aromatic rings. The summed E-state index contributed by atoms with van der Waals surface area (Å²) >= 11 is 11.7.